The lowest BCUT2D eigenvalue weighted by molar-refractivity contribution is 0.0935. The van der Waals surface area contributed by atoms with E-state index in [9.17, 15) is 4.79 Å². The van der Waals surface area contributed by atoms with Crippen LogP contribution in [-0.2, 0) is 6.42 Å². The minimum Gasteiger partial charge on any atom is -0.353 e. The van der Waals surface area contributed by atoms with Crippen molar-refractivity contribution in [3.05, 3.63) is 78.0 Å². The first-order valence-electron chi connectivity index (χ1n) is 10.6. The van der Waals surface area contributed by atoms with Crippen LogP contribution >= 0.6 is 0 Å². The first-order valence-corrected chi connectivity index (χ1v) is 10.6. The summed E-state index contributed by atoms with van der Waals surface area (Å²) in [5.74, 6) is 0.753. The van der Waals surface area contributed by atoms with Crippen LogP contribution in [0.4, 0.5) is 5.82 Å². The highest BCUT2D eigenvalue weighted by Crippen LogP contribution is 2.26. The Morgan fingerprint density at radius 3 is 2.97 bits per heavy atom. The molecule has 32 heavy (non-hydrogen) atoms. The standard InChI is InChI=1S/C24H23N7O/c1-17-7-12-29-15-11-26-23(22(17)29)30-13-8-19(16-30)27-24(32)20-9-14-31(28-20)21-5-3-2-4-18(21)6-10-25/h2-5,7,9,11-12,14-15,19H,6,8,13,16H2,1H3,(H,27,32)/t19-/m0/s1. The summed E-state index contributed by atoms with van der Waals surface area (Å²) in [6.07, 6.45) is 8.69. The van der Waals surface area contributed by atoms with Gasteiger partial charge in [-0.1, -0.05) is 18.2 Å². The van der Waals surface area contributed by atoms with E-state index in [2.05, 4.69) is 43.8 Å². The van der Waals surface area contributed by atoms with E-state index in [1.165, 1.54) is 5.56 Å². The van der Waals surface area contributed by atoms with Crippen LogP contribution in [0, 0.1) is 18.3 Å². The number of aromatic nitrogens is 4. The summed E-state index contributed by atoms with van der Waals surface area (Å²) in [6, 6.07) is 13.6. The molecule has 5 rings (SSSR count). The number of anilines is 1. The summed E-state index contributed by atoms with van der Waals surface area (Å²) >= 11 is 0. The summed E-state index contributed by atoms with van der Waals surface area (Å²) in [6.45, 7) is 3.62. The van der Waals surface area contributed by atoms with Gasteiger partial charge in [0.25, 0.3) is 5.91 Å². The minimum absolute atomic E-state index is 0.0239. The summed E-state index contributed by atoms with van der Waals surface area (Å²) in [4.78, 5) is 19.7. The summed E-state index contributed by atoms with van der Waals surface area (Å²) in [5, 5.41) is 16.6. The molecule has 1 aromatic carbocycles. The molecule has 4 aromatic rings. The van der Waals surface area contributed by atoms with Crippen molar-refractivity contribution in [3.63, 3.8) is 0 Å². The smallest absolute Gasteiger partial charge is 0.272 e. The van der Waals surface area contributed by atoms with E-state index in [-0.39, 0.29) is 18.4 Å². The van der Waals surface area contributed by atoms with Crippen LogP contribution < -0.4 is 10.2 Å². The number of rotatable bonds is 5. The zero-order valence-electron chi connectivity index (χ0n) is 17.8. The third kappa shape index (κ3) is 3.58. The van der Waals surface area contributed by atoms with E-state index < -0.39 is 0 Å². The van der Waals surface area contributed by atoms with E-state index in [0.29, 0.717) is 12.2 Å². The molecular formula is C24H23N7O. The van der Waals surface area contributed by atoms with Crippen molar-refractivity contribution >= 4 is 17.2 Å². The molecule has 3 aromatic heterocycles. The van der Waals surface area contributed by atoms with E-state index in [0.717, 1.165) is 35.6 Å². The first-order chi connectivity index (χ1) is 15.6. The quantitative estimate of drug-likeness (QED) is 0.531. The highest BCUT2D eigenvalue weighted by molar-refractivity contribution is 5.92. The predicted octanol–water partition coefficient (Wildman–Crippen LogP) is 2.90. The molecule has 1 aliphatic heterocycles. The fraction of sp³-hybridized carbons (Fsp3) is 0.250. The zero-order valence-corrected chi connectivity index (χ0v) is 17.8. The van der Waals surface area contributed by atoms with Crippen LogP contribution in [0.5, 0.6) is 0 Å². The number of carbonyl (C=O) groups excluding carboxylic acids is 1. The molecule has 1 amide bonds. The lowest BCUT2D eigenvalue weighted by Gasteiger charge is -2.19. The lowest BCUT2D eigenvalue weighted by Crippen LogP contribution is -2.37. The maximum absolute atomic E-state index is 12.8. The second-order valence-corrected chi connectivity index (χ2v) is 8.02. The Kier molecular flexibility index (Phi) is 5.07. The number of hydrogen-bond acceptors (Lipinski definition) is 5. The Bertz CT molecular complexity index is 1330. The van der Waals surface area contributed by atoms with E-state index in [1.54, 1.807) is 16.9 Å². The third-order valence-electron chi connectivity index (χ3n) is 5.91. The number of benzene rings is 1. The van der Waals surface area contributed by atoms with Gasteiger partial charge in [-0.3, -0.25) is 4.79 Å². The molecule has 0 spiro atoms. The summed E-state index contributed by atoms with van der Waals surface area (Å²) in [5.41, 5.74) is 4.33. The fourth-order valence-electron chi connectivity index (χ4n) is 4.31. The Balaban J connectivity index is 1.29. The van der Waals surface area contributed by atoms with Crippen molar-refractivity contribution in [3.8, 4) is 11.8 Å². The van der Waals surface area contributed by atoms with Crippen LogP contribution in [0.1, 0.15) is 28.0 Å². The van der Waals surface area contributed by atoms with E-state index in [4.69, 9.17) is 5.26 Å². The highest BCUT2D eigenvalue weighted by Gasteiger charge is 2.27. The zero-order chi connectivity index (χ0) is 22.1. The molecule has 0 unspecified atom stereocenters. The molecule has 1 aliphatic rings. The lowest BCUT2D eigenvalue weighted by atomic mass is 10.1. The first kappa shape index (κ1) is 19.8. The highest BCUT2D eigenvalue weighted by atomic mass is 16.2. The molecule has 4 heterocycles. The number of carbonyl (C=O) groups is 1. The van der Waals surface area contributed by atoms with Crippen LogP contribution in [0.25, 0.3) is 11.2 Å². The van der Waals surface area contributed by atoms with Gasteiger partial charge in [0.1, 0.15) is 0 Å². The molecule has 1 saturated heterocycles. The molecule has 1 atom stereocenters. The number of hydrogen-bond donors (Lipinski definition) is 1. The molecular weight excluding hydrogens is 402 g/mol. The van der Waals surface area contributed by atoms with Crippen LogP contribution in [0.3, 0.4) is 0 Å². The normalized spacial score (nSPS) is 15.8. The van der Waals surface area contributed by atoms with Crippen molar-refractivity contribution in [2.75, 3.05) is 18.0 Å². The third-order valence-corrected chi connectivity index (χ3v) is 5.91. The fourth-order valence-corrected chi connectivity index (χ4v) is 4.31. The van der Waals surface area contributed by atoms with Crippen LogP contribution in [0.15, 0.2) is 61.2 Å². The Morgan fingerprint density at radius 1 is 1.22 bits per heavy atom. The second kappa shape index (κ2) is 8.19. The summed E-state index contributed by atoms with van der Waals surface area (Å²) in [7, 11) is 0. The average molecular weight is 425 g/mol. The van der Waals surface area contributed by atoms with Gasteiger partial charge in [-0.25, -0.2) is 9.67 Å². The van der Waals surface area contributed by atoms with Gasteiger partial charge in [0.05, 0.1) is 23.7 Å². The van der Waals surface area contributed by atoms with Gasteiger partial charge in [0.2, 0.25) is 0 Å². The molecule has 0 aliphatic carbocycles. The van der Waals surface area contributed by atoms with Gasteiger partial charge >= 0.3 is 0 Å². The number of aryl methyl sites for hydroxylation is 1. The molecule has 8 nitrogen and oxygen atoms in total. The number of nitriles is 1. The largest absolute Gasteiger partial charge is 0.353 e. The topological polar surface area (TPSA) is 91.2 Å². The Morgan fingerprint density at radius 2 is 2.09 bits per heavy atom. The Labute approximate surface area is 185 Å². The van der Waals surface area contributed by atoms with Gasteiger partial charge in [-0.05, 0) is 42.7 Å². The number of nitrogens with one attached hydrogen (secondary N) is 1. The van der Waals surface area contributed by atoms with Crippen molar-refractivity contribution < 1.29 is 4.79 Å². The van der Waals surface area contributed by atoms with Gasteiger partial charge in [0, 0.05) is 43.9 Å². The van der Waals surface area contributed by atoms with Gasteiger partial charge in [0.15, 0.2) is 11.5 Å². The average Bonchev–Trinajstić information content (AvgIpc) is 3.55. The molecule has 0 bridgehead atoms. The van der Waals surface area contributed by atoms with Crippen molar-refractivity contribution in [1.82, 2.24) is 24.5 Å². The number of fused-ring (bicyclic) bond motifs is 1. The molecule has 0 radical (unpaired) electrons. The molecule has 0 saturated carbocycles. The molecule has 160 valence electrons. The molecule has 1 fully saturated rings. The second-order valence-electron chi connectivity index (χ2n) is 8.02. The Hall–Kier alpha value is -4.12. The maximum atomic E-state index is 12.8. The van der Waals surface area contributed by atoms with E-state index >= 15 is 0 Å². The predicted molar refractivity (Wildman–Crippen MR) is 121 cm³/mol. The molecule has 1 N–H and O–H groups in total. The molecule has 8 heteroatoms. The van der Waals surface area contributed by atoms with Crippen molar-refractivity contribution in [2.45, 2.75) is 25.8 Å². The summed E-state index contributed by atoms with van der Waals surface area (Å²) < 4.78 is 3.74. The van der Waals surface area contributed by atoms with E-state index in [1.807, 2.05) is 42.9 Å². The van der Waals surface area contributed by atoms with Crippen LogP contribution in [0.2, 0.25) is 0 Å². The van der Waals surface area contributed by atoms with Gasteiger partial charge in [-0.15, -0.1) is 0 Å². The number of para-hydroxylation sites is 1. The van der Waals surface area contributed by atoms with Crippen LogP contribution in [-0.4, -0.2) is 44.2 Å². The minimum atomic E-state index is -0.196. The SMILES string of the molecule is Cc1ccn2ccnc(N3CC[C@H](NC(=O)c4ccn(-c5ccccc5CC#N)n4)C3)c12. The van der Waals surface area contributed by atoms with Gasteiger partial charge < -0.3 is 14.6 Å². The number of nitrogens with zero attached hydrogens (tertiary/aromatic N) is 6. The van der Waals surface area contributed by atoms with Crippen molar-refractivity contribution in [1.29, 1.82) is 5.26 Å². The maximum Gasteiger partial charge on any atom is 0.272 e. The van der Waals surface area contributed by atoms with Crippen molar-refractivity contribution in [2.24, 2.45) is 0 Å². The van der Waals surface area contributed by atoms with Gasteiger partial charge in [-0.2, -0.15) is 10.4 Å². The number of amides is 1. The monoisotopic (exact) mass is 425 g/mol.